The van der Waals surface area contributed by atoms with Crippen molar-refractivity contribution in [2.24, 2.45) is 0 Å². The average molecular weight is 659 g/mol. The standard InChI is InChI=1S/C51H46/c1-49(2,3)39-22-26-43-42-24-20-36(29-45(42)51(7,8)46(43)30-39)33-11-9-31(10-12-33)32-13-15-34(16-14-32)41-23-19-35-17-18-37-27-40(50(4,5)6)28-38-21-25-44(41)48(35)47(37)38/h9-30H,1-8H3. The second kappa shape index (κ2) is 10.9. The fourth-order valence-corrected chi connectivity index (χ4v) is 8.59. The second-order valence-electron chi connectivity index (χ2n) is 17.5. The zero-order valence-corrected chi connectivity index (χ0v) is 31.2. The Bertz CT molecular complexity index is 2610. The van der Waals surface area contributed by atoms with Crippen LogP contribution in [0.3, 0.4) is 0 Å². The second-order valence-corrected chi connectivity index (χ2v) is 17.5. The average Bonchev–Trinajstić information content (AvgIpc) is 3.35. The van der Waals surface area contributed by atoms with Gasteiger partial charge in [0.2, 0.25) is 0 Å². The molecule has 0 spiro atoms. The normalized spacial score (nSPS) is 14.0. The molecule has 8 aromatic rings. The molecule has 9 rings (SSSR count). The first-order valence-corrected chi connectivity index (χ1v) is 18.5. The highest BCUT2D eigenvalue weighted by atomic mass is 14.4. The Balaban J connectivity index is 1.02. The number of benzene rings is 8. The molecule has 0 amide bonds. The van der Waals surface area contributed by atoms with Gasteiger partial charge in [-0.15, -0.1) is 0 Å². The van der Waals surface area contributed by atoms with E-state index in [9.17, 15) is 0 Å². The molecule has 0 saturated heterocycles. The van der Waals surface area contributed by atoms with E-state index in [4.69, 9.17) is 0 Å². The first-order valence-electron chi connectivity index (χ1n) is 18.5. The van der Waals surface area contributed by atoms with Crippen LogP contribution in [0.2, 0.25) is 0 Å². The largest absolute Gasteiger partial charge is 0.0579 e. The van der Waals surface area contributed by atoms with E-state index in [0.717, 1.165) is 0 Å². The van der Waals surface area contributed by atoms with E-state index >= 15 is 0 Å². The lowest BCUT2D eigenvalue weighted by Crippen LogP contribution is -2.17. The highest BCUT2D eigenvalue weighted by molar-refractivity contribution is 6.25. The van der Waals surface area contributed by atoms with Gasteiger partial charge in [-0.1, -0.05) is 183 Å². The van der Waals surface area contributed by atoms with E-state index in [-0.39, 0.29) is 16.2 Å². The third-order valence-electron chi connectivity index (χ3n) is 11.8. The van der Waals surface area contributed by atoms with Crippen LogP contribution in [0.4, 0.5) is 0 Å². The Morgan fingerprint density at radius 2 is 0.804 bits per heavy atom. The lowest BCUT2D eigenvalue weighted by atomic mass is 9.78. The van der Waals surface area contributed by atoms with E-state index in [1.807, 2.05) is 0 Å². The summed E-state index contributed by atoms with van der Waals surface area (Å²) < 4.78 is 0. The molecule has 1 aliphatic carbocycles. The predicted octanol–water partition coefficient (Wildman–Crippen LogP) is 14.5. The number of hydrogen-bond donors (Lipinski definition) is 0. The van der Waals surface area contributed by atoms with Crippen LogP contribution in [-0.4, -0.2) is 0 Å². The Hall–Kier alpha value is -5.20. The van der Waals surface area contributed by atoms with E-state index < -0.39 is 0 Å². The van der Waals surface area contributed by atoms with E-state index in [1.54, 1.807) is 0 Å². The molecular formula is C51H46. The van der Waals surface area contributed by atoms with Crippen LogP contribution in [0.25, 0.3) is 76.8 Å². The Morgan fingerprint density at radius 1 is 0.353 bits per heavy atom. The summed E-state index contributed by atoms with van der Waals surface area (Å²) in [6.45, 7) is 18.6. The fourth-order valence-electron chi connectivity index (χ4n) is 8.59. The van der Waals surface area contributed by atoms with Gasteiger partial charge in [-0.2, -0.15) is 0 Å². The third kappa shape index (κ3) is 5.02. The Kier molecular flexibility index (Phi) is 6.79. The molecule has 0 unspecified atom stereocenters. The fraction of sp³-hybridized carbons (Fsp3) is 0.216. The summed E-state index contributed by atoms with van der Waals surface area (Å²) in [5.74, 6) is 0. The lowest BCUT2D eigenvalue weighted by Gasteiger charge is -2.25. The third-order valence-corrected chi connectivity index (χ3v) is 11.8. The molecule has 250 valence electrons. The van der Waals surface area contributed by atoms with Gasteiger partial charge in [-0.05, 0) is 116 Å². The summed E-state index contributed by atoms with van der Waals surface area (Å²) in [5, 5.41) is 8.03. The lowest BCUT2D eigenvalue weighted by molar-refractivity contribution is 0.584. The SMILES string of the molecule is CC(C)(C)c1ccc2c(c1)C(C)(C)c1cc(-c3ccc(-c4ccc(-c5ccc6ccc7cc(C(C)(C)C)cc8ccc5c6c78)cc4)cc3)ccc1-2. The molecule has 0 aromatic heterocycles. The molecule has 51 heavy (non-hydrogen) atoms. The summed E-state index contributed by atoms with van der Waals surface area (Å²) in [6.07, 6.45) is 0. The van der Waals surface area contributed by atoms with Crippen LogP contribution in [0, 0.1) is 0 Å². The quantitative estimate of drug-likeness (QED) is 0.166. The monoisotopic (exact) mass is 658 g/mol. The molecule has 1 aliphatic rings. The Labute approximate surface area is 303 Å². The number of fused-ring (bicyclic) bond motifs is 3. The zero-order valence-electron chi connectivity index (χ0n) is 31.2. The van der Waals surface area contributed by atoms with Crippen LogP contribution in [-0.2, 0) is 16.2 Å². The first kappa shape index (κ1) is 31.8. The molecule has 0 bridgehead atoms. The van der Waals surface area contributed by atoms with Crippen LogP contribution in [0.15, 0.2) is 133 Å². The summed E-state index contributed by atoms with van der Waals surface area (Å²) in [4.78, 5) is 0. The van der Waals surface area contributed by atoms with Crippen molar-refractivity contribution in [2.75, 3.05) is 0 Å². The van der Waals surface area contributed by atoms with Crippen molar-refractivity contribution in [3.8, 4) is 44.5 Å². The molecule has 0 radical (unpaired) electrons. The van der Waals surface area contributed by atoms with Crippen molar-refractivity contribution in [2.45, 2.75) is 71.6 Å². The zero-order chi connectivity index (χ0) is 35.4. The van der Waals surface area contributed by atoms with Crippen LogP contribution in [0.1, 0.15) is 77.6 Å². The van der Waals surface area contributed by atoms with Gasteiger partial charge in [0.25, 0.3) is 0 Å². The van der Waals surface area contributed by atoms with Gasteiger partial charge >= 0.3 is 0 Å². The maximum atomic E-state index is 2.45. The molecule has 0 fully saturated rings. The van der Waals surface area contributed by atoms with Crippen molar-refractivity contribution in [1.29, 1.82) is 0 Å². The van der Waals surface area contributed by atoms with Crippen LogP contribution < -0.4 is 0 Å². The molecule has 0 atom stereocenters. The number of rotatable bonds is 3. The van der Waals surface area contributed by atoms with E-state index in [0.29, 0.717) is 0 Å². The number of hydrogen-bond acceptors (Lipinski definition) is 0. The molecule has 0 heterocycles. The van der Waals surface area contributed by atoms with Gasteiger partial charge in [0.1, 0.15) is 0 Å². The van der Waals surface area contributed by atoms with Crippen molar-refractivity contribution < 1.29 is 0 Å². The summed E-state index contributed by atoms with van der Waals surface area (Å²) in [5.41, 5.74) is 16.1. The van der Waals surface area contributed by atoms with Gasteiger partial charge < -0.3 is 0 Å². The van der Waals surface area contributed by atoms with Crippen molar-refractivity contribution in [1.82, 2.24) is 0 Å². The van der Waals surface area contributed by atoms with Crippen LogP contribution in [0.5, 0.6) is 0 Å². The molecule has 0 saturated carbocycles. The molecule has 8 aromatic carbocycles. The minimum atomic E-state index is -0.0336. The van der Waals surface area contributed by atoms with Crippen molar-refractivity contribution >= 4 is 32.3 Å². The molecule has 0 N–H and O–H groups in total. The highest BCUT2D eigenvalue weighted by Gasteiger charge is 2.36. The van der Waals surface area contributed by atoms with Gasteiger partial charge in [0, 0.05) is 5.41 Å². The van der Waals surface area contributed by atoms with Crippen molar-refractivity contribution in [3.05, 3.63) is 156 Å². The van der Waals surface area contributed by atoms with Crippen LogP contribution >= 0.6 is 0 Å². The topological polar surface area (TPSA) is 0 Å². The molecule has 0 heteroatoms. The minimum Gasteiger partial charge on any atom is -0.0579 e. The maximum Gasteiger partial charge on any atom is 0.0159 e. The summed E-state index contributed by atoms with van der Waals surface area (Å²) in [7, 11) is 0. The Morgan fingerprint density at radius 3 is 1.41 bits per heavy atom. The summed E-state index contributed by atoms with van der Waals surface area (Å²) >= 11 is 0. The van der Waals surface area contributed by atoms with Crippen molar-refractivity contribution in [3.63, 3.8) is 0 Å². The van der Waals surface area contributed by atoms with Gasteiger partial charge in [0.15, 0.2) is 0 Å². The summed E-state index contributed by atoms with van der Waals surface area (Å²) in [6, 6.07) is 51.0. The maximum absolute atomic E-state index is 2.45. The first-order chi connectivity index (χ1) is 24.3. The van der Waals surface area contributed by atoms with Gasteiger partial charge in [0.05, 0.1) is 0 Å². The van der Waals surface area contributed by atoms with E-state index in [1.165, 1.54) is 99.1 Å². The molecular weight excluding hydrogens is 613 g/mol. The molecule has 0 aliphatic heterocycles. The van der Waals surface area contributed by atoms with E-state index in [2.05, 4.69) is 189 Å². The minimum absolute atomic E-state index is 0.0336. The molecule has 0 nitrogen and oxygen atoms in total. The highest BCUT2D eigenvalue weighted by Crippen LogP contribution is 2.51. The predicted molar refractivity (Wildman–Crippen MR) is 221 cm³/mol. The van der Waals surface area contributed by atoms with Gasteiger partial charge in [-0.25, -0.2) is 0 Å². The smallest absolute Gasteiger partial charge is 0.0159 e. The van der Waals surface area contributed by atoms with Gasteiger partial charge in [-0.3, -0.25) is 0 Å².